The maximum Gasteiger partial charge on any atom is 0.327 e. The lowest BCUT2D eigenvalue weighted by Crippen LogP contribution is -2.63. The molecule has 9 atom stereocenters. The van der Waals surface area contributed by atoms with Gasteiger partial charge in [-0.05, 0) is 36.3 Å². The number of H-pyrrole nitrogens is 1. The zero-order valence-corrected chi connectivity index (χ0v) is 34.1. The smallest absolute Gasteiger partial charge is 0.327 e. The van der Waals surface area contributed by atoms with Gasteiger partial charge in [0.2, 0.25) is 35.4 Å². The van der Waals surface area contributed by atoms with E-state index in [1.54, 1.807) is 34.6 Å². The Morgan fingerprint density at radius 2 is 1.67 bits per heavy atom. The number of rotatable bonds is 18. The molecule has 9 unspecified atom stereocenters. The third-order valence-electron chi connectivity index (χ3n) is 9.42. The summed E-state index contributed by atoms with van der Waals surface area (Å²) < 4.78 is 0. The van der Waals surface area contributed by atoms with Crippen molar-refractivity contribution in [3.05, 3.63) is 18.2 Å². The fraction of sp³-hybridized carbons (Fsp3) is 0.657. The number of guanidine groups is 1. The van der Waals surface area contributed by atoms with Crippen molar-refractivity contribution in [2.45, 2.75) is 109 Å². The monoisotopic (exact) mass is 838 g/mol. The number of aromatic nitrogens is 2. The van der Waals surface area contributed by atoms with Crippen LogP contribution in [0.2, 0.25) is 0 Å². The first-order chi connectivity index (χ1) is 27.2. The Hall–Kier alpha value is -5.45. The number of hydrogen-bond donors (Lipinski definition) is 13. The highest BCUT2D eigenvalue weighted by Gasteiger charge is 2.38. The highest BCUT2D eigenvalue weighted by molar-refractivity contribution is 7.99. The number of imidazole rings is 1. The molecule has 2 rings (SSSR count). The number of nitrogens with one attached hydrogen (secondary N) is 9. The van der Waals surface area contributed by atoms with Crippen molar-refractivity contribution >= 4 is 65.1 Å². The number of aromatic amines is 1. The normalized spacial score (nSPS) is 22.7. The molecule has 0 bridgehead atoms. The lowest BCUT2D eigenvalue weighted by Gasteiger charge is -2.32. The molecule has 1 aromatic heterocycles. The first-order valence-electron chi connectivity index (χ1n) is 18.9. The molecule has 0 aromatic carbocycles. The molecule has 1 aromatic rings. The Balaban J connectivity index is 2.43. The molecule has 58 heavy (non-hydrogen) atoms. The second kappa shape index (κ2) is 23.7. The average Bonchev–Trinajstić information content (AvgIpc) is 3.66. The van der Waals surface area contributed by atoms with E-state index in [4.69, 9.17) is 22.0 Å². The lowest BCUT2D eigenvalue weighted by atomic mass is 9.95. The predicted octanol–water partition coefficient (Wildman–Crippen LogP) is -2.90. The van der Waals surface area contributed by atoms with Crippen LogP contribution in [0.4, 0.5) is 0 Å². The maximum absolute atomic E-state index is 14.1. The van der Waals surface area contributed by atoms with Gasteiger partial charge in [-0.3, -0.25) is 39.0 Å². The molecule has 0 spiro atoms. The third kappa shape index (κ3) is 15.8. The summed E-state index contributed by atoms with van der Waals surface area (Å²) in [6.07, 6.45) is 2.71. The first kappa shape index (κ1) is 48.7. The van der Waals surface area contributed by atoms with Crippen molar-refractivity contribution in [2.75, 3.05) is 18.1 Å². The minimum atomic E-state index is -1.48. The Bertz CT molecular complexity index is 1610. The van der Waals surface area contributed by atoms with Gasteiger partial charge in [-0.25, -0.2) is 9.78 Å². The standard InChI is InChI=1S/C35H58N12O10S/c1-6-17(4)26-32(54)43-22(10-19-12-39-15-41-19)30(52)44-23(34(56)57)14-58-13-18(5)27(33(55)46-26)47-31(53)25(16(2)3)45-29(51)21(8-7-9-40-35(37)38)42-28(50)20(36)11-24(48)49/h12,15-18,20-23,25-27H,6-11,13-14,36H2,1-5H3,(H,39,41)(H,42,50)(H,43,54)(H,44,52)(H,45,51)(H,46,55)(H,47,53)(H,48,49)(H,56,57)(H4,37,38,40). The number of nitrogens with two attached hydrogens (primary N) is 2. The van der Waals surface area contributed by atoms with Gasteiger partial charge in [0.1, 0.15) is 36.3 Å². The number of nitrogens with zero attached hydrogens (tertiary/aromatic N) is 1. The number of carboxylic acids is 2. The van der Waals surface area contributed by atoms with E-state index in [-0.39, 0.29) is 43.3 Å². The van der Waals surface area contributed by atoms with Crippen molar-refractivity contribution in [3.63, 3.8) is 0 Å². The van der Waals surface area contributed by atoms with Gasteiger partial charge in [-0.15, -0.1) is 0 Å². The second-order valence-electron chi connectivity index (χ2n) is 14.6. The highest BCUT2D eigenvalue weighted by atomic mass is 32.2. The molecule has 1 saturated heterocycles. The molecule has 6 amide bonds. The van der Waals surface area contributed by atoms with Crippen LogP contribution >= 0.6 is 11.8 Å². The number of carboxylic acid groups (broad SMARTS) is 2. The first-order valence-corrected chi connectivity index (χ1v) is 20.1. The van der Waals surface area contributed by atoms with E-state index in [1.807, 2.05) is 0 Å². The SMILES string of the molecule is CCC(C)C1NC(=O)C(NC(=O)C(NC(=O)C(CCCNC(=N)N)NC(=O)C(N)CC(=O)O)C(C)C)C(C)CSCC(C(=O)O)NC(=O)C(Cc2c[nH]cn2)NC1=O. The Kier molecular flexibility index (Phi) is 19.9. The summed E-state index contributed by atoms with van der Waals surface area (Å²) in [4.78, 5) is 112. The summed E-state index contributed by atoms with van der Waals surface area (Å²) in [5, 5.41) is 44.6. The molecule has 15 N–H and O–H groups in total. The van der Waals surface area contributed by atoms with E-state index in [0.717, 1.165) is 11.8 Å². The van der Waals surface area contributed by atoms with Crippen LogP contribution in [-0.2, 0) is 44.8 Å². The molecular formula is C35H58N12O10S. The van der Waals surface area contributed by atoms with Crippen LogP contribution in [0.25, 0.3) is 0 Å². The molecule has 0 saturated carbocycles. The van der Waals surface area contributed by atoms with Crippen LogP contribution < -0.4 is 48.7 Å². The molecule has 0 aliphatic carbocycles. The van der Waals surface area contributed by atoms with Crippen molar-refractivity contribution in [3.8, 4) is 0 Å². The summed E-state index contributed by atoms with van der Waals surface area (Å²) in [5.41, 5.74) is 11.5. The van der Waals surface area contributed by atoms with Crippen LogP contribution in [0.15, 0.2) is 12.5 Å². The number of thioether (sulfide) groups is 1. The summed E-state index contributed by atoms with van der Waals surface area (Å²) in [7, 11) is 0. The topological polar surface area (TPSA) is 366 Å². The molecule has 22 nitrogen and oxygen atoms in total. The van der Waals surface area contributed by atoms with Gasteiger partial charge >= 0.3 is 11.9 Å². The van der Waals surface area contributed by atoms with Gasteiger partial charge in [0.15, 0.2) is 5.96 Å². The van der Waals surface area contributed by atoms with E-state index in [9.17, 15) is 43.5 Å². The Labute approximate surface area is 340 Å². The molecule has 1 aliphatic heterocycles. The molecular weight excluding hydrogens is 781 g/mol. The van der Waals surface area contributed by atoms with Crippen molar-refractivity contribution in [1.29, 1.82) is 5.41 Å². The van der Waals surface area contributed by atoms with Crippen LogP contribution in [0, 0.1) is 23.2 Å². The van der Waals surface area contributed by atoms with E-state index < -0.39 is 114 Å². The number of carbonyl (C=O) groups is 8. The number of aliphatic carboxylic acids is 2. The van der Waals surface area contributed by atoms with Gasteiger partial charge in [-0.1, -0.05) is 41.0 Å². The summed E-state index contributed by atoms with van der Waals surface area (Å²) in [6, 6.07) is -9.18. The van der Waals surface area contributed by atoms with Crippen LogP contribution in [-0.4, -0.2) is 134 Å². The van der Waals surface area contributed by atoms with Crippen LogP contribution in [0.3, 0.4) is 0 Å². The van der Waals surface area contributed by atoms with E-state index in [0.29, 0.717) is 12.1 Å². The second-order valence-corrected chi connectivity index (χ2v) is 15.7. The Morgan fingerprint density at radius 3 is 2.24 bits per heavy atom. The summed E-state index contributed by atoms with van der Waals surface area (Å²) >= 11 is 1.12. The minimum Gasteiger partial charge on any atom is -0.481 e. The largest absolute Gasteiger partial charge is 0.481 e. The van der Waals surface area contributed by atoms with Gasteiger partial charge in [0.05, 0.1) is 24.5 Å². The van der Waals surface area contributed by atoms with Crippen LogP contribution in [0.5, 0.6) is 0 Å². The number of carbonyl (C=O) groups excluding carboxylic acids is 6. The summed E-state index contributed by atoms with van der Waals surface area (Å²) in [6.45, 7) is 8.57. The van der Waals surface area contributed by atoms with Gasteiger partial charge < -0.3 is 63.9 Å². The zero-order chi connectivity index (χ0) is 43.7. The van der Waals surface area contributed by atoms with Crippen molar-refractivity contribution in [2.24, 2.45) is 29.2 Å². The fourth-order valence-corrected chi connectivity index (χ4v) is 6.96. The minimum absolute atomic E-state index is 0.0250. The van der Waals surface area contributed by atoms with Crippen molar-refractivity contribution in [1.82, 2.24) is 47.2 Å². The van der Waals surface area contributed by atoms with E-state index >= 15 is 0 Å². The van der Waals surface area contributed by atoms with Crippen LogP contribution in [0.1, 0.15) is 66.0 Å². The molecule has 1 aliphatic rings. The summed E-state index contributed by atoms with van der Waals surface area (Å²) in [5.74, 6) is -9.47. The highest BCUT2D eigenvalue weighted by Crippen LogP contribution is 2.18. The van der Waals surface area contributed by atoms with Crippen molar-refractivity contribution < 1.29 is 48.6 Å². The molecule has 2 heterocycles. The third-order valence-corrected chi connectivity index (χ3v) is 10.8. The van der Waals surface area contributed by atoms with Gasteiger partial charge in [-0.2, -0.15) is 11.8 Å². The lowest BCUT2D eigenvalue weighted by molar-refractivity contribution is -0.142. The van der Waals surface area contributed by atoms with E-state index in [1.165, 1.54) is 12.5 Å². The maximum atomic E-state index is 14.1. The molecule has 23 heteroatoms. The van der Waals surface area contributed by atoms with E-state index in [2.05, 4.69) is 47.2 Å². The average molecular weight is 839 g/mol. The predicted molar refractivity (Wildman–Crippen MR) is 212 cm³/mol. The Morgan fingerprint density at radius 1 is 0.983 bits per heavy atom. The number of hydrogen-bond acceptors (Lipinski definition) is 12. The number of amides is 6. The quantitative estimate of drug-likeness (QED) is 0.0401. The molecule has 0 radical (unpaired) electrons. The van der Waals surface area contributed by atoms with Gasteiger partial charge in [0, 0.05) is 24.9 Å². The molecule has 1 fully saturated rings. The molecule has 324 valence electrons. The fourth-order valence-electron chi connectivity index (χ4n) is 5.80. The zero-order valence-electron chi connectivity index (χ0n) is 33.3. The van der Waals surface area contributed by atoms with Gasteiger partial charge in [0.25, 0.3) is 0 Å².